The summed E-state index contributed by atoms with van der Waals surface area (Å²) in [5.41, 5.74) is 1.28. The molecule has 1 N–H and O–H groups in total. The molecule has 5 rings (SSSR count). The topological polar surface area (TPSA) is 38.3 Å². The second-order valence-electron chi connectivity index (χ2n) is 7.70. The van der Waals surface area contributed by atoms with Crippen LogP contribution in [0.25, 0.3) is 0 Å². The molecule has 1 aromatic rings. The smallest absolute Gasteiger partial charge is 0.320 e. The first kappa shape index (κ1) is 14.3. The number of hydrogen-bond donors (Lipinski definition) is 1. The molecule has 0 aromatic heterocycles. The van der Waals surface area contributed by atoms with E-state index >= 15 is 0 Å². The zero-order valence-corrected chi connectivity index (χ0v) is 13.1. The summed E-state index contributed by atoms with van der Waals surface area (Å²) in [7, 11) is 0. The summed E-state index contributed by atoms with van der Waals surface area (Å²) in [6.07, 6.45) is 8.10. The summed E-state index contributed by atoms with van der Waals surface area (Å²) in [6.45, 7) is 0.737. The van der Waals surface area contributed by atoms with E-state index in [4.69, 9.17) is 4.74 Å². The first-order valence-electron chi connectivity index (χ1n) is 8.65. The van der Waals surface area contributed by atoms with E-state index in [1.54, 1.807) is 0 Å². The number of nitrogens with one attached hydrogen (secondary N) is 1. The largest absolute Gasteiger partial charge is 0.460 e. The highest BCUT2D eigenvalue weighted by molar-refractivity contribution is 5.71. The molecule has 0 heterocycles. The van der Waals surface area contributed by atoms with E-state index in [9.17, 15) is 4.79 Å². The number of hydrogen-bond acceptors (Lipinski definition) is 3. The van der Waals surface area contributed by atoms with Crippen molar-refractivity contribution in [3.8, 4) is 0 Å². The van der Waals surface area contributed by atoms with Gasteiger partial charge in [0.15, 0.2) is 0 Å². The molecule has 1 aromatic carbocycles. The number of rotatable bonds is 5. The molecule has 118 valence electrons. The highest BCUT2D eigenvalue weighted by Gasteiger charge is 2.50. The van der Waals surface area contributed by atoms with Crippen molar-refractivity contribution in [1.29, 1.82) is 0 Å². The Hall–Kier alpha value is -1.35. The SMILES string of the molecule is O=C(CNC12CC3CC(CC(C3)C1)C2)OCc1ccccc1. The average Bonchev–Trinajstić information content (AvgIpc) is 2.51. The second kappa shape index (κ2) is 5.69. The number of carbonyl (C=O) groups excluding carboxylic acids is 1. The Bertz CT molecular complexity index is 504. The normalized spacial score (nSPS) is 35.5. The lowest BCUT2D eigenvalue weighted by molar-refractivity contribution is -0.145. The third kappa shape index (κ3) is 2.91. The van der Waals surface area contributed by atoms with Gasteiger partial charge in [-0.05, 0) is 61.8 Å². The summed E-state index contributed by atoms with van der Waals surface area (Å²) in [4.78, 5) is 12.0. The fourth-order valence-electron chi connectivity index (χ4n) is 5.38. The molecule has 3 heteroatoms. The quantitative estimate of drug-likeness (QED) is 0.848. The highest BCUT2D eigenvalue weighted by Crippen LogP contribution is 2.55. The maximum atomic E-state index is 12.0. The molecule has 0 unspecified atom stereocenters. The molecule has 4 bridgehead atoms. The Morgan fingerprint density at radius 1 is 1.05 bits per heavy atom. The Kier molecular flexibility index (Phi) is 3.69. The molecule has 22 heavy (non-hydrogen) atoms. The Balaban J connectivity index is 1.28. The third-order valence-corrected chi connectivity index (χ3v) is 5.89. The minimum absolute atomic E-state index is 0.125. The standard InChI is InChI=1S/C19H25NO2/c21-18(22-13-14-4-2-1-3-5-14)12-20-19-9-15-6-16(10-19)8-17(7-15)11-19/h1-5,15-17,20H,6-13H2. The molecule has 4 saturated carbocycles. The van der Waals surface area contributed by atoms with Crippen molar-refractivity contribution in [2.24, 2.45) is 17.8 Å². The first-order valence-corrected chi connectivity index (χ1v) is 8.65. The van der Waals surface area contributed by atoms with Gasteiger partial charge in [0.05, 0.1) is 6.54 Å². The van der Waals surface area contributed by atoms with E-state index in [0.717, 1.165) is 23.3 Å². The van der Waals surface area contributed by atoms with Crippen LogP contribution in [0.5, 0.6) is 0 Å². The number of benzene rings is 1. The van der Waals surface area contributed by atoms with Gasteiger partial charge in [-0.25, -0.2) is 0 Å². The minimum atomic E-state index is -0.125. The van der Waals surface area contributed by atoms with E-state index in [1.807, 2.05) is 30.3 Å². The second-order valence-corrected chi connectivity index (χ2v) is 7.70. The van der Waals surface area contributed by atoms with Gasteiger partial charge in [-0.15, -0.1) is 0 Å². The Morgan fingerprint density at radius 2 is 1.64 bits per heavy atom. The van der Waals surface area contributed by atoms with Gasteiger partial charge >= 0.3 is 5.97 Å². The summed E-state index contributed by atoms with van der Waals surface area (Å²) < 4.78 is 5.39. The highest BCUT2D eigenvalue weighted by atomic mass is 16.5. The predicted molar refractivity (Wildman–Crippen MR) is 85.1 cm³/mol. The van der Waals surface area contributed by atoms with Gasteiger partial charge in [0.2, 0.25) is 0 Å². The van der Waals surface area contributed by atoms with Crippen LogP contribution in [0.4, 0.5) is 0 Å². The van der Waals surface area contributed by atoms with Crippen LogP contribution in [0, 0.1) is 17.8 Å². The molecule has 0 atom stereocenters. The van der Waals surface area contributed by atoms with Gasteiger partial charge < -0.3 is 10.1 Å². The van der Waals surface area contributed by atoms with Gasteiger partial charge in [0.25, 0.3) is 0 Å². The lowest BCUT2D eigenvalue weighted by Gasteiger charge is -2.57. The molecule has 0 amide bonds. The fourth-order valence-corrected chi connectivity index (χ4v) is 5.38. The van der Waals surface area contributed by atoms with Crippen molar-refractivity contribution in [2.45, 2.75) is 50.7 Å². The fraction of sp³-hybridized carbons (Fsp3) is 0.632. The van der Waals surface area contributed by atoms with E-state index < -0.39 is 0 Å². The Morgan fingerprint density at radius 3 is 2.23 bits per heavy atom. The number of carbonyl (C=O) groups is 1. The molecular weight excluding hydrogens is 274 g/mol. The van der Waals surface area contributed by atoms with Crippen molar-refractivity contribution in [1.82, 2.24) is 5.32 Å². The lowest BCUT2D eigenvalue weighted by atomic mass is 9.53. The van der Waals surface area contributed by atoms with Crippen LogP contribution in [0.2, 0.25) is 0 Å². The average molecular weight is 299 g/mol. The van der Waals surface area contributed by atoms with E-state index in [-0.39, 0.29) is 11.5 Å². The molecule has 4 fully saturated rings. The van der Waals surface area contributed by atoms with E-state index in [2.05, 4.69) is 5.32 Å². The van der Waals surface area contributed by atoms with Gasteiger partial charge in [0.1, 0.15) is 6.61 Å². The molecule has 3 nitrogen and oxygen atoms in total. The van der Waals surface area contributed by atoms with Crippen molar-refractivity contribution >= 4 is 5.97 Å². The molecule has 4 aliphatic rings. The Labute approximate surface area is 132 Å². The maximum Gasteiger partial charge on any atom is 0.320 e. The zero-order chi connectivity index (χ0) is 15.0. The molecular formula is C19H25NO2. The van der Waals surface area contributed by atoms with Crippen LogP contribution in [0.3, 0.4) is 0 Å². The van der Waals surface area contributed by atoms with Crippen molar-refractivity contribution < 1.29 is 9.53 Å². The van der Waals surface area contributed by atoms with Gasteiger partial charge in [-0.3, -0.25) is 4.79 Å². The van der Waals surface area contributed by atoms with Crippen molar-refractivity contribution in [3.05, 3.63) is 35.9 Å². The molecule has 0 aliphatic heterocycles. The molecule has 4 aliphatic carbocycles. The predicted octanol–water partition coefficient (Wildman–Crippen LogP) is 3.29. The van der Waals surface area contributed by atoms with Crippen LogP contribution in [0.1, 0.15) is 44.1 Å². The van der Waals surface area contributed by atoms with Gasteiger partial charge in [0, 0.05) is 5.54 Å². The lowest BCUT2D eigenvalue weighted by Crippen LogP contribution is -2.59. The van der Waals surface area contributed by atoms with Crippen molar-refractivity contribution in [3.63, 3.8) is 0 Å². The maximum absolute atomic E-state index is 12.0. The summed E-state index contributed by atoms with van der Waals surface area (Å²) in [6, 6.07) is 9.88. The summed E-state index contributed by atoms with van der Waals surface area (Å²) in [5, 5.41) is 3.59. The first-order chi connectivity index (χ1) is 10.7. The summed E-state index contributed by atoms with van der Waals surface area (Å²) >= 11 is 0. The van der Waals surface area contributed by atoms with Gasteiger partial charge in [-0.2, -0.15) is 0 Å². The van der Waals surface area contributed by atoms with E-state index in [0.29, 0.717) is 13.2 Å². The summed E-state index contributed by atoms with van der Waals surface area (Å²) in [5.74, 6) is 2.58. The van der Waals surface area contributed by atoms with E-state index in [1.165, 1.54) is 38.5 Å². The van der Waals surface area contributed by atoms with Crippen LogP contribution >= 0.6 is 0 Å². The molecule has 0 radical (unpaired) electrons. The third-order valence-electron chi connectivity index (χ3n) is 5.89. The zero-order valence-electron chi connectivity index (χ0n) is 13.1. The minimum Gasteiger partial charge on any atom is -0.460 e. The van der Waals surface area contributed by atoms with Gasteiger partial charge in [-0.1, -0.05) is 30.3 Å². The number of esters is 1. The molecule has 0 saturated heterocycles. The monoisotopic (exact) mass is 299 g/mol. The molecule has 0 spiro atoms. The van der Waals surface area contributed by atoms with Crippen LogP contribution in [0.15, 0.2) is 30.3 Å². The van der Waals surface area contributed by atoms with Crippen molar-refractivity contribution in [2.75, 3.05) is 6.54 Å². The van der Waals surface area contributed by atoms with Crippen LogP contribution < -0.4 is 5.32 Å². The van der Waals surface area contributed by atoms with Crippen LogP contribution in [-0.2, 0) is 16.1 Å². The number of ether oxygens (including phenoxy) is 1. The van der Waals surface area contributed by atoms with Crippen LogP contribution in [-0.4, -0.2) is 18.1 Å².